The minimum atomic E-state index is -4.28. The average molecular weight is 772 g/mol. The zero-order valence-electron chi connectivity index (χ0n) is 25.4. The fourth-order valence-electron chi connectivity index (χ4n) is 6.02. The summed E-state index contributed by atoms with van der Waals surface area (Å²) in [5.74, 6) is 0.0575. The number of halogens is 4. The Labute approximate surface area is 283 Å². The summed E-state index contributed by atoms with van der Waals surface area (Å²) in [6.45, 7) is 0. The molecule has 0 aromatic heterocycles. The van der Waals surface area contributed by atoms with Crippen molar-refractivity contribution in [2.24, 2.45) is 0 Å². The quantitative estimate of drug-likeness (QED) is 0.0898. The Morgan fingerprint density at radius 1 is 0.362 bits per heavy atom. The Kier molecular flexibility index (Phi) is 11.1. The topological polar surface area (TPSA) is 0 Å². The second-order valence-corrected chi connectivity index (χ2v) is 35.7. The van der Waals surface area contributed by atoms with Crippen LogP contribution in [0.1, 0.15) is 41.2 Å². The summed E-state index contributed by atoms with van der Waals surface area (Å²) in [5.41, 5.74) is 6.06. The molecule has 6 aromatic rings. The molecule has 0 radical (unpaired) electrons. The van der Waals surface area contributed by atoms with Crippen LogP contribution < -0.4 is 0 Å². The van der Waals surface area contributed by atoms with Crippen molar-refractivity contribution < 1.29 is 17.6 Å². The van der Waals surface area contributed by atoms with E-state index >= 15 is 0 Å². The maximum absolute atomic E-state index is 14.5. The fraction of sp³-hybridized carbons (Fsp3) is 0.100. The van der Waals surface area contributed by atoms with E-state index < -0.39 is 15.6 Å². The van der Waals surface area contributed by atoms with Crippen molar-refractivity contribution in [3.63, 3.8) is 0 Å². The van der Waals surface area contributed by atoms with Gasteiger partial charge in [0, 0.05) is 0 Å². The number of benzene rings is 6. The van der Waals surface area contributed by atoms with Gasteiger partial charge >= 0.3 is 285 Å². The third-order valence-electron chi connectivity index (χ3n) is 8.23. The molecule has 0 aliphatic carbocycles. The van der Waals surface area contributed by atoms with Gasteiger partial charge in [-0.05, 0) is 0 Å². The van der Waals surface area contributed by atoms with E-state index in [2.05, 4.69) is 24.3 Å². The SMILES string of the molecule is Fc1ccc([CH](c2ccc(F)cc2)[Sn]([S]Cc2ccccc2)([S]Cc2ccccc2)[CH](c2ccc(F)cc2)c2ccc(F)cc2)cc1. The molecule has 0 aliphatic heterocycles. The Balaban J connectivity index is 1.66. The molecule has 6 aromatic carbocycles. The molecule has 0 saturated carbocycles. The maximum atomic E-state index is 14.5. The predicted octanol–water partition coefficient (Wildman–Crippen LogP) is 11.6. The molecule has 0 aliphatic rings. The van der Waals surface area contributed by atoms with Gasteiger partial charge in [-0.1, -0.05) is 0 Å². The summed E-state index contributed by atoms with van der Waals surface area (Å²) in [4.78, 5) is 0. The predicted molar refractivity (Wildman–Crippen MR) is 191 cm³/mol. The molecule has 0 nitrogen and oxygen atoms in total. The van der Waals surface area contributed by atoms with E-state index in [1.807, 2.05) is 103 Å². The molecule has 6 rings (SSSR count). The Morgan fingerprint density at radius 2 is 0.617 bits per heavy atom. The van der Waals surface area contributed by atoms with E-state index in [1.54, 1.807) is 0 Å². The van der Waals surface area contributed by atoms with E-state index in [9.17, 15) is 17.6 Å². The summed E-state index contributed by atoms with van der Waals surface area (Å²) < 4.78 is 57.5. The molecule has 0 atom stereocenters. The van der Waals surface area contributed by atoms with E-state index in [1.165, 1.54) is 48.5 Å². The zero-order chi connectivity index (χ0) is 32.6. The molecular formula is C40H32F4S2Sn. The van der Waals surface area contributed by atoms with Gasteiger partial charge in [0.05, 0.1) is 0 Å². The molecule has 0 heterocycles. The van der Waals surface area contributed by atoms with Gasteiger partial charge in [-0.25, -0.2) is 0 Å². The molecule has 0 fully saturated rings. The summed E-state index contributed by atoms with van der Waals surface area (Å²) in [6, 6.07) is 47.1. The summed E-state index contributed by atoms with van der Waals surface area (Å²) in [7, 11) is 3.90. The van der Waals surface area contributed by atoms with Crippen molar-refractivity contribution in [2.75, 3.05) is 0 Å². The van der Waals surface area contributed by atoms with Crippen molar-refractivity contribution in [3.05, 3.63) is 214 Å². The van der Waals surface area contributed by atoms with Crippen molar-refractivity contribution in [1.82, 2.24) is 0 Å². The van der Waals surface area contributed by atoms with Crippen LogP contribution in [-0.4, -0.2) is 15.6 Å². The fourth-order valence-corrected chi connectivity index (χ4v) is 40.9. The molecular weight excluding hydrogens is 739 g/mol. The van der Waals surface area contributed by atoms with Crippen LogP contribution >= 0.6 is 17.9 Å². The van der Waals surface area contributed by atoms with Gasteiger partial charge < -0.3 is 0 Å². The third kappa shape index (κ3) is 8.16. The van der Waals surface area contributed by atoms with Crippen LogP contribution in [0.15, 0.2) is 158 Å². The van der Waals surface area contributed by atoms with Crippen LogP contribution in [0.2, 0.25) is 0 Å². The first-order valence-electron chi connectivity index (χ1n) is 15.3. The molecule has 7 heteroatoms. The Hall–Kier alpha value is -3.46. The first kappa shape index (κ1) is 33.4. The normalized spacial score (nSPS) is 11.7. The van der Waals surface area contributed by atoms with Crippen LogP contribution in [0.25, 0.3) is 0 Å². The summed E-state index contributed by atoms with van der Waals surface area (Å²) in [6.07, 6.45) is 0. The van der Waals surface area contributed by atoms with Gasteiger partial charge in [-0.15, -0.1) is 0 Å². The van der Waals surface area contributed by atoms with Gasteiger partial charge in [-0.2, -0.15) is 0 Å². The Morgan fingerprint density at radius 3 is 0.872 bits per heavy atom. The van der Waals surface area contributed by atoms with Gasteiger partial charge in [-0.3, -0.25) is 0 Å². The van der Waals surface area contributed by atoms with Crippen LogP contribution in [0.3, 0.4) is 0 Å². The van der Waals surface area contributed by atoms with Crippen molar-refractivity contribution in [1.29, 1.82) is 0 Å². The number of hydrogen-bond donors (Lipinski definition) is 0. The second kappa shape index (κ2) is 15.6. The van der Waals surface area contributed by atoms with Gasteiger partial charge in [0.25, 0.3) is 0 Å². The molecule has 0 unspecified atom stereocenters. The van der Waals surface area contributed by atoms with E-state index in [4.69, 9.17) is 0 Å². The molecule has 47 heavy (non-hydrogen) atoms. The van der Waals surface area contributed by atoms with Crippen molar-refractivity contribution >= 4 is 33.5 Å². The first-order valence-corrected chi connectivity index (χ1v) is 27.5. The molecule has 0 amide bonds. The standard InChI is InChI=1S/2C13H9F2.2C7H8S.Sn/c2*14-12-5-1-10(2-6-12)9-11-3-7-13(15)8-4-11;2*8-6-7-4-2-1-3-5-7;/h2*1-9H;2*1-5,8H,6H2;/q;;;;+2/p-2. The van der Waals surface area contributed by atoms with Gasteiger partial charge in [0.15, 0.2) is 0 Å². The minimum absolute atomic E-state index is 0.215. The van der Waals surface area contributed by atoms with Crippen LogP contribution in [-0.2, 0) is 11.5 Å². The zero-order valence-corrected chi connectivity index (χ0v) is 29.9. The number of rotatable bonds is 12. The second-order valence-electron chi connectivity index (χ2n) is 11.3. The molecule has 0 N–H and O–H groups in total. The number of hydrogen-bond acceptors (Lipinski definition) is 2. The van der Waals surface area contributed by atoms with E-state index in [-0.39, 0.29) is 31.1 Å². The van der Waals surface area contributed by atoms with Crippen LogP contribution in [0, 0.1) is 23.3 Å². The Bertz CT molecular complexity index is 1620. The summed E-state index contributed by atoms with van der Waals surface area (Å²) in [5, 5.41) is 0. The molecule has 0 bridgehead atoms. The monoisotopic (exact) mass is 772 g/mol. The summed E-state index contributed by atoms with van der Waals surface area (Å²) >= 11 is -4.28. The average Bonchev–Trinajstić information content (AvgIpc) is 3.10. The first-order chi connectivity index (χ1) is 22.9. The van der Waals surface area contributed by atoms with Gasteiger partial charge in [0.1, 0.15) is 0 Å². The van der Waals surface area contributed by atoms with Crippen molar-refractivity contribution in [2.45, 2.75) is 19.4 Å². The third-order valence-corrected chi connectivity index (χ3v) is 39.8. The van der Waals surface area contributed by atoms with Crippen LogP contribution in [0.4, 0.5) is 17.6 Å². The van der Waals surface area contributed by atoms with Crippen LogP contribution in [0.5, 0.6) is 0 Å². The molecule has 0 spiro atoms. The molecule has 236 valence electrons. The van der Waals surface area contributed by atoms with E-state index in [0.29, 0.717) is 11.5 Å². The van der Waals surface area contributed by atoms with Crippen molar-refractivity contribution in [3.8, 4) is 0 Å². The van der Waals surface area contributed by atoms with E-state index in [0.717, 1.165) is 33.4 Å². The van der Waals surface area contributed by atoms with Gasteiger partial charge in [0.2, 0.25) is 0 Å². The molecule has 0 saturated heterocycles.